The third-order valence-corrected chi connectivity index (χ3v) is 5.46. The van der Waals surface area contributed by atoms with E-state index >= 15 is 0 Å². The predicted octanol–water partition coefficient (Wildman–Crippen LogP) is 0.552. The van der Waals surface area contributed by atoms with Crippen molar-refractivity contribution in [1.29, 1.82) is 0 Å². The van der Waals surface area contributed by atoms with E-state index in [9.17, 15) is 19.2 Å². The molecule has 1 fully saturated rings. The molecule has 2 aromatic heterocycles. The summed E-state index contributed by atoms with van der Waals surface area (Å²) < 4.78 is 3.20. The second-order valence-electron chi connectivity index (χ2n) is 7.23. The van der Waals surface area contributed by atoms with Gasteiger partial charge in [0.15, 0.2) is 0 Å². The Morgan fingerprint density at radius 2 is 1.97 bits per heavy atom. The van der Waals surface area contributed by atoms with Gasteiger partial charge < -0.3 is 0 Å². The SMILES string of the molecule is CCn1nccc1-c1cn(-c2cccc3c2C(=O)N(C2CCC(=O)NC2=O)C3=O)nn1. The molecule has 11 nitrogen and oxygen atoms in total. The Labute approximate surface area is 175 Å². The standard InChI is InChI=1S/C20H17N7O4/c1-2-25-13(8-9-21-25)12-10-26(24-23-12)14-5-3-4-11-17(14)20(31)27(19(11)30)15-6-7-16(28)22-18(15)29/h3-5,8-10,15H,2,6-7H2,1H3,(H,22,28,29). The van der Waals surface area contributed by atoms with Crippen LogP contribution >= 0.6 is 0 Å². The number of nitrogens with one attached hydrogen (secondary N) is 1. The number of hydrogen-bond acceptors (Lipinski definition) is 7. The van der Waals surface area contributed by atoms with Crippen LogP contribution in [0.5, 0.6) is 0 Å². The number of fused-ring (bicyclic) bond motifs is 1. The van der Waals surface area contributed by atoms with Crippen LogP contribution in [0.2, 0.25) is 0 Å². The first-order valence-electron chi connectivity index (χ1n) is 9.79. The van der Waals surface area contributed by atoms with Crippen LogP contribution in [-0.4, -0.2) is 59.3 Å². The molecule has 4 amide bonds. The number of aromatic nitrogens is 5. The van der Waals surface area contributed by atoms with E-state index in [1.54, 1.807) is 29.2 Å². The van der Waals surface area contributed by atoms with E-state index in [-0.39, 0.29) is 24.0 Å². The molecule has 0 aliphatic carbocycles. The number of carbonyl (C=O) groups is 4. The van der Waals surface area contributed by atoms with Crippen LogP contribution in [0.25, 0.3) is 17.1 Å². The second kappa shape index (κ2) is 6.97. The van der Waals surface area contributed by atoms with Gasteiger partial charge in [-0.05, 0) is 31.5 Å². The summed E-state index contributed by atoms with van der Waals surface area (Å²) in [6.07, 6.45) is 3.48. The van der Waals surface area contributed by atoms with Crippen molar-refractivity contribution in [2.24, 2.45) is 0 Å². The predicted molar refractivity (Wildman–Crippen MR) is 105 cm³/mol. The van der Waals surface area contributed by atoms with Gasteiger partial charge in [-0.1, -0.05) is 11.3 Å². The van der Waals surface area contributed by atoms with Crippen molar-refractivity contribution in [2.45, 2.75) is 32.4 Å². The van der Waals surface area contributed by atoms with E-state index in [0.717, 1.165) is 10.6 Å². The molecule has 1 aromatic carbocycles. The Hall–Kier alpha value is -4.15. The molecule has 1 atom stereocenters. The van der Waals surface area contributed by atoms with Crippen LogP contribution in [0.4, 0.5) is 0 Å². The van der Waals surface area contributed by atoms with Crippen molar-refractivity contribution >= 4 is 23.6 Å². The fourth-order valence-corrected chi connectivity index (χ4v) is 3.99. The summed E-state index contributed by atoms with van der Waals surface area (Å²) in [5.41, 5.74) is 2.05. The number of hydrogen-bond donors (Lipinski definition) is 1. The number of carbonyl (C=O) groups excluding carboxylic acids is 4. The van der Waals surface area contributed by atoms with E-state index in [4.69, 9.17) is 0 Å². The minimum atomic E-state index is -1.02. The highest BCUT2D eigenvalue weighted by atomic mass is 16.2. The topological polar surface area (TPSA) is 132 Å². The number of benzene rings is 1. The highest BCUT2D eigenvalue weighted by Gasteiger charge is 2.45. The highest BCUT2D eigenvalue weighted by Crippen LogP contribution is 2.31. The Bertz CT molecular complexity index is 1260. The molecule has 0 radical (unpaired) electrons. The molecule has 1 saturated heterocycles. The third-order valence-electron chi connectivity index (χ3n) is 5.46. The van der Waals surface area contributed by atoms with Crippen LogP contribution in [-0.2, 0) is 16.1 Å². The first-order chi connectivity index (χ1) is 15.0. The van der Waals surface area contributed by atoms with Crippen LogP contribution in [0.3, 0.4) is 0 Å². The fourth-order valence-electron chi connectivity index (χ4n) is 3.99. The van der Waals surface area contributed by atoms with E-state index < -0.39 is 29.7 Å². The summed E-state index contributed by atoms with van der Waals surface area (Å²) in [5.74, 6) is -2.23. The average molecular weight is 419 g/mol. The zero-order valence-corrected chi connectivity index (χ0v) is 16.5. The number of aryl methyl sites for hydroxylation is 1. The van der Waals surface area contributed by atoms with Crippen molar-refractivity contribution in [2.75, 3.05) is 0 Å². The number of imide groups is 2. The summed E-state index contributed by atoms with van der Waals surface area (Å²) in [5, 5.41) is 14.7. The molecule has 156 valence electrons. The fraction of sp³-hybridized carbons (Fsp3) is 0.250. The van der Waals surface area contributed by atoms with Gasteiger partial charge in [0, 0.05) is 19.2 Å². The molecule has 11 heteroatoms. The Morgan fingerprint density at radius 3 is 2.74 bits per heavy atom. The summed E-state index contributed by atoms with van der Waals surface area (Å²) in [6, 6.07) is 5.63. The number of piperidine rings is 1. The molecular formula is C20H17N7O4. The van der Waals surface area contributed by atoms with Gasteiger partial charge in [-0.3, -0.25) is 34.1 Å². The second-order valence-corrected chi connectivity index (χ2v) is 7.23. The zero-order chi connectivity index (χ0) is 21.7. The minimum absolute atomic E-state index is 0.0637. The lowest BCUT2D eigenvalue weighted by Crippen LogP contribution is -2.54. The lowest BCUT2D eigenvalue weighted by Gasteiger charge is -2.27. The van der Waals surface area contributed by atoms with Crippen LogP contribution < -0.4 is 5.32 Å². The van der Waals surface area contributed by atoms with Gasteiger partial charge in [-0.25, -0.2) is 4.68 Å². The van der Waals surface area contributed by atoms with E-state index in [1.165, 1.54) is 10.7 Å². The van der Waals surface area contributed by atoms with Gasteiger partial charge in [-0.15, -0.1) is 5.10 Å². The maximum absolute atomic E-state index is 13.2. The third kappa shape index (κ3) is 2.85. The largest absolute Gasteiger partial charge is 0.295 e. The number of nitrogens with zero attached hydrogens (tertiary/aromatic N) is 6. The smallest absolute Gasteiger partial charge is 0.264 e. The van der Waals surface area contributed by atoms with Crippen molar-refractivity contribution in [3.05, 3.63) is 47.8 Å². The summed E-state index contributed by atoms with van der Waals surface area (Å²) in [6.45, 7) is 2.61. The molecule has 3 aromatic rings. The van der Waals surface area contributed by atoms with Crippen molar-refractivity contribution in [3.63, 3.8) is 0 Å². The quantitative estimate of drug-likeness (QED) is 0.611. The van der Waals surface area contributed by atoms with Gasteiger partial charge in [-0.2, -0.15) is 5.10 Å². The van der Waals surface area contributed by atoms with Crippen LogP contribution in [0.15, 0.2) is 36.7 Å². The Morgan fingerprint density at radius 1 is 1.13 bits per heavy atom. The van der Waals surface area contributed by atoms with Gasteiger partial charge in [0.2, 0.25) is 11.8 Å². The van der Waals surface area contributed by atoms with E-state index in [0.29, 0.717) is 17.9 Å². The zero-order valence-electron chi connectivity index (χ0n) is 16.5. The highest BCUT2D eigenvalue weighted by molar-refractivity contribution is 6.24. The molecule has 2 aliphatic rings. The summed E-state index contributed by atoms with van der Waals surface area (Å²) in [7, 11) is 0. The first-order valence-corrected chi connectivity index (χ1v) is 9.79. The molecule has 0 saturated carbocycles. The monoisotopic (exact) mass is 419 g/mol. The van der Waals surface area contributed by atoms with E-state index in [1.807, 2.05) is 13.0 Å². The normalized spacial score (nSPS) is 18.5. The van der Waals surface area contributed by atoms with Crippen LogP contribution in [0, 0.1) is 0 Å². The maximum Gasteiger partial charge on any atom is 0.264 e. The molecule has 0 bridgehead atoms. The Balaban J connectivity index is 1.54. The molecule has 2 aliphatic heterocycles. The van der Waals surface area contributed by atoms with E-state index in [2.05, 4.69) is 20.7 Å². The molecule has 4 heterocycles. The minimum Gasteiger partial charge on any atom is -0.295 e. The van der Waals surface area contributed by atoms with Gasteiger partial charge >= 0.3 is 0 Å². The molecule has 1 N–H and O–H groups in total. The van der Waals surface area contributed by atoms with Gasteiger partial charge in [0.25, 0.3) is 11.8 Å². The van der Waals surface area contributed by atoms with Gasteiger partial charge in [0.1, 0.15) is 11.7 Å². The molecule has 1 unspecified atom stereocenters. The maximum atomic E-state index is 13.2. The Kier molecular flexibility index (Phi) is 4.24. The van der Waals surface area contributed by atoms with Crippen molar-refractivity contribution in [1.82, 2.24) is 35.0 Å². The molecule has 5 rings (SSSR count). The lowest BCUT2D eigenvalue weighted by molar-refractivity contribution is -0.136. The first kappa shape index (κ1) is 18.9. The van der Waals surface area contributed by atoms with Gasteiger partial charge in [0.05, 0.1) is 28.7 Å². The van der Waals surface area contributed by atoms with Crippen molar-refractivity contribution in [3.8, 4) is 17.1 Å². The van der Waals surface area contributed by atoms with Crippen LogP contribution in [0.1, 0.15) is 40.5 Å². The average Bonchev–Trinajstić information content (AvgIpc) is 3.48. The molecular weight excluding hydrogens is 402 g/mol. The number of rotatable bonds is 4. The molecule has 31 heavy (non-hydrogen) atoms. The molecule has 0 spiro atoms. The lowest BCUT2D eigenvalue weighted by atomic mass is 10.0. The summed E-state index contributed by atoms with van der Waals surface area (Å²) >= 11 is 0. The van der Waals surface area contributed by atoms with Crippen molar-refractivity contribution < 1.29 is 19.2 Å². The summed E-state index contributed by atoms with van der Waals surface area (Å²) in [4.78, 5) is 50.9. The number of amides is 4.